The minimum absolute atomic E-state index is 0.0749. The van der Waals surface area contributed by atoms with E-state index >= 15 is 0 Å². The molecule has 0 fully saturated rings. The summed E-state index contributed by atoms with van der Waals surface area (Å²) in [6.45, 7) is 8.35. The van der Waals surface area contributed by atoms with Crippen molar-refractivity contribution in [2.24, 2.45) is 0 Å². The molecule has 0 amide bonds. The summed E-state index contributed by atoms with van der Waals surface area (Å²) in [5, 5.41) is 0.776. The lowest BCUT2D eigenvalue weighted by atomic mass is 9.86. The fourth-order valence-corrected chi connectivity index (χ4v) is 1.85. The second kappa shape index (κ2) is 3.48. The summed E-state index contributed by atoms with van der Waals surface area (Å²) in [6.07, 6.45) is 0. The molecule has 0 bridgehead atoms. The van der Waals surface area contributed by atoms with Crippen LogP contribution in [0.2, 0.25) is 0 Å². The van der Waals surface area contributed by atoms with Crippen LogP contribution in [0, 0.1) is 6.92 Å². The van der Waals surface area contributed by atoms with Crippen LogP contribution < -0.4 is 5.43 Å². The molecule has 16 heavy (non-hydrogen) atoms. The van der Waals surface area contributed by atoms with Gasteiger partial charge in [0.2, 0.25) is 0 Å². The number of aromatic nitrogens is 1. The first-order valence-corrected chi connectivity index (χ1v) is 5.52. The minimum atomic E-state index is 0.0749. The zero-order valence-corrected chi connectivity index (χ0v) is 10.2. The molecule has 1 N–H and O–H groups in total. The molecule has 0 unspecified atom stereocenters. The van der Waals surface area contributed by atoms with Crippen molar-refractivity contribution in [3.8, 4) is 0 Å². The normalized spacial score (nSPS) is 12.0. The predicted molar refractivity (Wildman–Crippen MR) is 68.0 cm³/mol. The van der Waals surface area contributed by atoms with Crippen LogP contribution in [0.3, 0.4) is 0 Å². The van der Waals surface area contributed by atoms with Crippen LogP contribution in [0.25, 0.3) is 10.9 Å². The highest BCUT2D eigenvalue weighted by molar-refractivity contribution is 5.79. The topological polar surface area (TPSA) is 32.9 Å². The number of nitrogens with one attached hydrogen (secondary N) is 1. The molecule has 0 aliphatic rings. The predicted octanol–water partition coefficient (Wildman–Crippen LogP) is 3.13. The highest BCUT2D eigenvalue weighted by atomic mass is 16.1. The Bertz CT molecular complexity index is 588. The third-order valence-electron chi connectivity index (χ3n) is 2.83. The molecule has 0 aliphatic carbocycles. The van der Waals surface area contributed by atoms with Crippen molar-refractivity contribution in [1.29, 1.82) is 0 Å². The maximum Gasteiger partial charge on any atom is 0.189 e. The molecule has 0 saturated carbocycles. The molecule has 0 saturated heterocycles. The van der Waals surface area contributed by atoms with Crippen LogP contribution in [0.1, 0.15) is 32.0 Å². The molecule has 84 valence electrons. The molecule has 2 heteroatoms. The number of aryl methyl sites for hydroxylation is 1. The number of fused-ring (bicyclic) bond motifs is 1. The van der Waals surface area contributed by atoms with E-state index in [-0.39, 0.29) is 10.8 Å². The Labute approximate surface area is 95.3 Å². The first-order valence-electron chi connectivity index (χ1n) is 5.52. The Kier molecular flexibility index (Phi) is 2.38. The van der Waals surface area contributed by atoms with Crippen molar-refractivity contribution in [3.05, 3.63) is 45.7 Å². The molecule has 2 rings (SSSR count). The van der Waals surface area contributed by atoms with Crippen molar-refractivity contribution in [3.63, 3.8) is 0 Å². The number of H-pyrrole nitrogens is 1. The lowest BCUT2D eigenvalue weighted by molar-refractivity contribution is 0.591. The number of rotatable bonds is 0. The number of pyridine rings is 1. The third-order valence-corrected chi connectivity index (χ3v) is 2.83. The Balaban J connectivity index is 2.77. The summed E-state index contributed by atoms with van der Waals surface area (Å²) < 4.78 is 0. The molecule has 0 aliphatic heterocycles. The van der Waals surface area contributed by atoms with E-state index < -0.39 is 0 Å². The van der Waals surface area contributed by atoms with Gasteiger partial charge in [-0.25, -0.2) is 0 Å². The Morgan fingerprint density at radius 1 is 1.12 bits per heavy atom. The molecule has 1 aromatic carbocycles. The highest BCUT2D eigenvalue weighted by Crippen LogP contribution is 2.24. The second-order valence-corrected chi connectivity index (χ2v) is 5.33. The number of hydrogen-bond donors (Lipinski definition) is 1. The van der Waals surface area contributed by atoms with Gasteiger partial charge in [-0.2, -0.15) is 0 Å². The lowest BCUT2D eigenvalue weighted by Gasteiger charge is -2.19. The van der Waals surface area contributed by atoms with E-state index in [1.165, 1.54) is 5.56 Å². The standard InChI is InChI=1S/C14H17NO/c1-9-7-13(16)11-8-10(14(2,3)4)5-6-12(11)15-9/h5-8H,1-4H3,(H,15,16). The van der Waals surface area contributed by atoms with E-state index in [0.717, 1.165) is 16.6 Å². The molecule has 1 heterocycles. The van der Waals surface area contributed by atoms with Gasteiger partial charge in [0.25, 0.3) is 0 Å². The first-order chi connectivity index (χ1) is 7.38. The summed E-state index contributed by atoms with van der Waals surface area (Å²) in [4.78, 5) is 15.1. The number of benzene rings is 1. The highest BCUT2D eigenvalue weighted by Gasteiger charge is 2.14. The fourth-order valence-electron chi connectivity index (χ4n) is 1.85. The molecule has 0 atom stereocenters. The van der Waals surface area contributed by atoms with Gasteiger partial charge >= 0.3 is 0 Å². The minimum Gasteiger partial charge on any atom is -0.358 e. The lowest BCUT2D eigenvalue weighted by Crippen LogP contribution is -2.12. The van der Waals surface area contributed by atoms with E-state index in [2.05, 4.69) is 31.8 Å². The van der Waals surface area contributed by atoms with Crippen molar-refractivity contribution < 1.29 is 0 Å². The van der Waals surface area contributed by atoms with Crippen molar-refractivity contribution >= 4 is 10.9 Å². The molecule has 2 aromatic rings. The SMILES string of the molecule is Cc1cc(=O)c2cc(C(C)(C)C)ccc2[nH]1. The summed E-state index contributed by atoms with van der Waals surface area (Å²) in [7, 11) is 0. The molecular formula is C14H17NO. The Hall–Kier alpha value is -1.57. The summed E-state index contributed by atoms with van der Waals surface area (Å²) in [5.74, 6) is 0. The summed E-state index contributed by atoms with van der Waals surface area (Å²) in [6, 6.07) is 7.71. The molecule has 0 spiro atoms. The van der Waals surface area contributed by atoms with Crippen LogP contribution in [0.4, 0.5) is 0 Å². The monoisotopic (exact) mass is 215 g/mol. The molecule has 2 nitrogen and oxygen atoms in total. The van der Waals surface area contributed by atoms with Gasteiger partial charge in [0.1, 0.15) is 0 Å². The van der Waals surface area contributed by atoms with E-state index in [1.54, 1.807) is 6.07 Å². The van der Waals surface area contributed by atoms with Gasteiger partial charge in [-0.1, -0.05) is 26.8 Å². The number of aromatic amines is 1. The average molecular weight is 215 g/mol. The van der Waals surface area contributed by atoms with E-state index in [1.807, 2.05) is 19.1 Å². The van der Waals surface area contributed by atoms with Gasteiger partial charge in [-0.3, -0.25) is 4.79 Å². The van der Waals surface area contributed by atoms with Crippen LogP contribution in [0.15, 0.2) is 29.1 Å². The maximum absolute atomic E-state index is 11.9. The maximum atomic E-state index is 11.9. The van der Waals surface area contributed by atoms with Crippen molar-refractivity contribution in [2.75, 3.05) is 0 Å². The molecule has 0 radical (unpaired) electrons. The Morgan fingerprint density at radius 3 is 2.44 bits per heavy atom. The summed E-state index contributed by atoms with van der Waals surface area (Å²) in [5.41, 5.74) is 3.18. The quantitative estimate of drug-likeness (QED) is 0.719. The Morgan fingerprint density at radius 2 is 1.81 bits per heavy atom. The number of hydrogen-bond acceptors (Lipinski definition) is 1. The fraction of sp³-hybridized carbons (Fsp3) is 0.357. The van der Waals surface area contributed by atoms with Gasteiger partial charge in [-0.15, -0.1) is 0 Å². The smallest absolute Gasteiger partial charge is 0.189 e. The summed E-state index contributed by atoms with van der Waals surface area (Å²) >= 11 is 0. The van der Waals surface area contributed by atoms with Crippen molar-refractivity contribution in [1.82, 2.24) is 4.98 Å². The van der Waals surface area contributed by atoms with Gasteiger partial charge in [-0.05, 0) is 30.0 Å². The molecule has 1 aromatic heterocycles. The van der Waals surface area contributed by atoms with Crippen LogP contribution in [-0.4, -0.2) is 4.98 Å². The van der Waals surface area contributed by atoms with E-state index in [0.29, 0.717) is 0 Å². The molecular weight excluding hydrogens is 198 g/mol. The second-order valence-electron chi connectivity index (χ2n) is 5.33. The van der Waals surface area contributed by atoms with E-state index in [9.17, 15) is 4.79 Å². The zero-order valence-electron chi connectivity index (χ0n) is 10.2. The van der Waals surface area contributed by atoms with Gasteiger partial charge < -0.3 is 4.98 Å². The first kappa shape index (κ1) is 10.9. The van der Waals surface area contributed by atoms with Gasteiger partial charge in [0.05, 0.1) is 0 Å². The van der Waals surface area contributed by atoms with Crippen molar-refractivity contribution in [2.45, 2.75) is 33.1 Å². The van der Waals surface area contributed by atoms with Crippen LogP contribution in [0.5, 0.6) is 0 Å². The van der Waals surface area contributed by atoms with Gasteiger partial charge in [0.15, 0.2) is 5.43 Å². The average Bonchev–Trinajstić information content (AvgIpc) is 2.15. The van der Waals surface area contributed by atoms with Gasteiger partial charge in [0, 0.05) is 22.7 Å². The third kappa shape index (κ3) is 1.87. The van der Waals surface area contributed by atoms with E-state index in [4.69, 9.17) is 0 Å². The van der Waals surface area contributed by atoms with Crippen LogP contribution >= 0.6 is 0 Å². The zero-order chi connectivity index (χ0) is 11.9. The largest absolute Gasteiger partial charge is 0.358 e. The van der Waals surface area contributed by atoms with Crippen LogP contribution in [-0.2, 0) is 5.41 Å².